The largest absolute Gasteiger partial charge is 0.353 e. The molecule has 0 spiro atoms. The van der Waals surface area contributed by atoms with Crippen molar-refractivity contribution in [2.75, 3.05) is 25.0 Å². The first kappa shape index (κ1) is 19.7. The number of nitrogens with one attached hydrogen (secondary N) is 2. The molecule has 1 fully saturated rings. The van der Waals surface area contributed by atoms with Crippen molar-refractivity contribution in [3.63, 3.8) is 0 Å². The highest BCUT2D eigenvalue weighted by Crippen LogP contribution is 2.21. The standard InChI is InChI=1S/C21H26N4O3/c1-15(2)12-18(24-9-3-4-10-24)20(27)23-17-7-5-6-16(13-17)21(28)25-11-8-22-19(26)14-25/h3-7,9-10,13,15,18H,8,11-12,14H2,1-2H3,(H,22,26)(H,23,27)/t18-/m0/s1. The Bertz CT molecular complexity index is 845. The summed E-state index contributed by atoms with van der Waals surface area (Å²) in [6.07, 6.45) is 4.48. The minimum atomic E-state index is -0.319. The molecule has 1 aromatic carbocycles. The van der Waals surface area contributed by atoms with Gasteiger partial charge in [0, 0.05) is 36.7 Å². The first-order chi connectivity index (χ1) is 13.4. The van der Waals surface area contributed by atoms with E-state index in [-0.39, 0.29) is 30.3 Å². The number of nitrogens with zero attached hydrogens (tertiary/aromatic N) is 2. The topological polar surface area (TPSA) is 83.4 Å². The Morgan fingerprint density at radius 3 is 2.61 bits per heavy atom. The summed E-state index contributed by atoms with van der Waals surface area (Å²) in [5, 5.41) is 5.64. The van der Waals surface area contributed by atoms with Gasteiger partial charge < -0.3 is 20.1 Å². The van der Waals surface area contributed by atoms with Crippen LogP contribution in [0.4, 0.5) is 5.69 Å². The Labute approximate surface area is 164 Å². The van der Waals surface area contributed by atoms with Gasteiger partial charge in [0.15, 0.2) is 0 Å². The molecule has 0 aliphatic carbocycles. The van der Waals surface area contributed by atoms with E-state index in [1.807, 2.05) is 29.1 Å². The number of aromatic nitrogens is 1. The number of rotatable bonds is 6. The Balaban J connectivity index is 1.73. The predicted octanol–water partition coefficient (Wildman–Crippen LogP) is 2.29. The van der Waals surface area contributed by atoms with Crippen LogP contribution < -0.4 is 10.6 Å². The van der Waals surface area contributed by atoms with Crippen molar-refractivity contribution >= 4 is 23.4 Å². The van der Waals surface area contributed by atoms with E-state index >= 15 is 0 Å². The smallest absolute Gasteiger partial charge is 0.254 e. The number of piperazine rings is 1. The average molecular weight is 382 g/mol. The minimum absolute atomic E-state index is 0.0551. The van der Waals surface area contributed by atoms with Crippen LogP contribution in [0, 0.1) is 5.92 Å². The van der Waals surface area contributed by atoms with Gasteiger partial charge in [-0.1, -0.05) is 19.9 Å². The van der Waals surface area contributed by atoms with Crippen LogP contribution in [0.1, 0.15) is 36.7 Å². The Morgan fingerprint density at radius 1 is 1.18 bits per heavy atom. The van der Waals surface area contributed by atoms with Gasteiger partial charge in [0.05, 0.1) is 6.54 Å². The van der Waals surface area contributed by atoms with Crippen LogP contribution in [0.3, 0.4) is 0 Å². The van der Waals surface area contributed by atoms with Gasteiger partial charge in [-0.15, -0.1) is 0 Å². The van der Waals surface area contributed by atoms with E-state index in [9.17, 15) is 14.4 Å². The van der Waals surface area contributed by atoms with Crippen molar-refractivity contribution in [1.29, 1.82) is 0 Å². The van der Waals surface area contributed by atoms with E-state index in [1.54, 1.807) is 24.3 Å². The number of benzene rings is 1. The number of carbonyl (C=O) groups excluding carboxylic acids is 3. The summed E-state index contributed by atoms with van der Waals surface area (Å²) in [4.78, 5) is 38.6. The normalized spacial score (nSPS) is 15.2. The quantitative estimate of drug-likeness (QED) is 0.804. The second kappa shape index (κ2) is 8.73. The molecule has 2 aromatic rings. The molecule has 1 atom stereocenters. The second-order valence-electron chi connectivity index (χ2n) is 7.42. The number of anilines is 1. The summed E-state index contributed by atoms with van der Waals surface area (Å²) in [5.74, 6) is -0.134. The molecule has 1 aliphatic heterocycles. The zero-order valence-corrected chi connectivity index (χ0v) is 16.2. The maximum Gasteiger partial charge on any atom is 0.254 e. The second-order valence-corrected chi connectivity index (χ2v) is 7.42. The van der Waals surface area contributed by atoms with E-state index < -0.39 is 0 Å². The molecular weight excluding hydrogens is 356 g/mol. The fourth-order valence-corrected chi connectivity index (χ4v) is 3.32. The summed E-state index contributed by atoms with van der Waals surface area (Å²) >= 11 is 0. The van der Waals surface area contributed by atoms with Gasteiger partial charge >= 0.3 is 0 Å². The van der Waals surface area contributed by atoms with Crippen LogP contribution in [-0.4, -0.2) is 46.8 Å². The maximum atomic E-state index is 12.9. The lowest BCUT2D eigenvalue weighted by atomic mass is 10.0. The lowest BCUT2D eigenvalue weighted by molar-refractivity contribution is -0.123. The van der Waals surface area contributed by atoms with E-state index in [0.717, 1.165) is 0 Å². The van der Waals surface area contributed by atoms with Gasteiger partial charge in [0.1, 0.15) is 6.04 Å². The van der Waals surface area contributed by atoms with Crippen LogP contribution in [0.5, 0.6) is 0 Å². The molecule has 148 valence electrons. The van der Waals surface area contributed by atoms with Crippen molar-refractivity contribution < 1.29 is 14.4 Å². The van der Waals surface area contributed by atoms with Gasteiger partial charge in [-0.05, 0) is 42.7 Å². The molecule has 1 saturated heterocycles. The van der Waals surface area contributed by atoms with Crippen molar-refractivity contribution in [3.05, 3.63) is 54.4 Å². The molecule has 3 rings (SSSR count). The number of amides is 3. The van der Waals surface area contributed by atoms with Gasteiger partial charge in [-0.25, -0.2) is 0 Å². The third-order valence-corrected chi connectivity index (χ3v) is 4.69. The lowest BCUT2D eigenvalue weighted by Gasteiger charge is -2.27. The third kappa shape index (κ3) is 4.79. The van der Waals surface area contributed by atoms with Crippen LogP contribution in [0.2, 0.25) is 0 Å². The van der Waals surface area contributed by atoms with Crippen molar-refractivity contribution in [3.8, 4) is 0 Å². The van der Waals surface area contributed by atoms with E-state index in [0.29, 0.717) is 36.7 Å². The third-order valence-electron chi connectivity index (χ3n) is 4.69. The van der Waals surface area contributed by atoms with E-state index in [1.165, 1.54) is 4.90 Å². The van der Waals surface area contributed by atoms with E-state index in [4.69, 9.17) is 0 Å². The van der Waals surface area contributed by atoms with Crippen molar-refractivity contribution in [2.24, 2.45) is 5.92 Å². The molecule has 7 heteroatoms. The number of hydrogen-bond donors (Lipinski definition) is 2. The van der Waals surface area contributed by atoms with Gasteiger partial charge in [-0.2, -0.15) is 0 Å². The highest BCUT2D eigenvalue weighted by Gasteiger charge is 2.24. The van der Waals surface area contributed by atoms with Crippen LogP contribution in [-0.2, 0) is 9.59 Å². The Kier molecular flexibility index (Phi) is 6.13. The molecule has 0 bridgehead atoms. The molecule has 2 heterocycles. The molecule has 0 saturated carbocycles. The summed E-state index contributed by atoms with van der Waals surface area (Å²) in [6.45, 7) is 5.15. The zero-order chi connectivity index (χ0) is 20.1. The average Bonchev–Trinajstić information content (AvgIpc) is 3.20. The zero-order valence-electron chi connectivity index (χ0n) is 16.2. The molecule has 0 unspecified atom stereocenters. The van der Waals surface area contributed by atoms with E-state index in [2.05, 4.69) is 24.5 Å². The number of hydrogen-bond acceptors (Lipinski definition) is 3. The summed E-state index contributed by atoms with van der Waals surface area (Å²) in [6, 6.07) is 10.3. The van der Waals surface area contributed by atoms with Crippen LogP contribution in [0.15, 0.2) is 48.8 Å². The fourth-order valence-electron chi connectivity index (χ4n) is 3.32. The van der Waals surface area contributed by atoms with Crippen molar-refractivity contribution in [1.82, 2.24) is 14.8 Å². The maximum absolute atomic E-state index is 12.9. The molecule has 0 radical (unpaired) electrons. The fraction of sp³-hybridized carbons (Fsp3) is 0.381. The molecular formula is C21H26N4O3. The molecule has 2 N–H and O–H groups in total. The minimum Gasteiger partial charge on any atom is -0.353 e. The highest BCUT2D eigenvalue weighted by molar-refractivity contribution is 5.99. The number of carbonyl (C=O) groups is 3. The monoisotopic (exact) mass is 382 g/mol. The SMILES string of the molecule is CC(C)C[C@@H](C(=O)Nc1cccc(C(=O)N2CCNC(=O)C2)c1)n1cccc1. The highest BCUT2D eigenvalue weighted by atomic mass is 16.2. The molecule has 28 heavy (non-hydrogen) atoms. The molecule has 7 nitrogen and oxygen atoms in total. The lowest BCUT2D eigenvalue weighted by Crippen LogP contribution is -2.49. The molecule has 1 aliphatic rings. The van der Waals surface area contributed by atoms with Crippen LogP contribution in [0.25, 0.3) is 0 Å². The summed E-state index contributed by atoms with van der Waals surface area (Å²) in [7, 11) is 0. The molecule has 1 aromatic heterocycles. The predicted molar refractivity (Wildman–Crippen MR) is 107 cm³/mol. The van der Waals surface area contributed by atoms with Gasteiger partial charge in [-0.3, -0.25) is 14.4 Å². The van der Waals surface area contributed by atoms with Crippen molar-refractivity contribution in [2.45, 2.75) is 26.3 Å². The first-order valence-electron chi connectivity index (χ1n) is 9.53. The molecule has 3 amide bonds. The summed E-state index contributed by atoms with van der Waals surface area (Å²) in [5.41, 5.74) is 1.02. The first-order valence-corrected chi connectivity index (χ1v) is 9.53. The van der Waals surface area contributed by atoms with Crippen LogP contribution >= 0.6 is 0 Å². The Morgan fingerprint density at radius 2 is 1.93 bits per heavy atom. The van der Waals surface area contributed by atoms with Gasteiger partial charge in [0.25, 0.3) is 5.91 Å². The van der Waals surface area contributed by atoms with Gasteiger partial charge in [0.2, 0.25) is 11.8 Å². The Hall–Kier alpha value is -3.09. The summed E-state index contributed by atoms with van der Waals surface area (Å²) < 4.78 is 1.90.